The van der Waals surface area contributed by atoms with E-state index in [1.54, 1.807) is 0 Å². The van der Waals surface area contributed by atoms with Gasteiger partial charge in [-0.05, 0) is 17.7 Å². The lowest BCUT2D eigenvalue weighted by Crippen LogP contribution is -2.44. The molecule has 102 valence electrons. The van der Waals surface area contributed by atoms with Crippen molar-refractivity contribution in [2.24, 2.45) is 0 Å². The molecular weight excluding hydrogens is 335 g/mol. The van der Waals surface area contributed by atoms with Crippen LogP contribution in [0.2, 0.25) is 0 Å². The van der Waals surface area contributed by atoms with E-state index in [1.165, 1.54) is 5.56 Å². The zero-order chi connectivity index (χ0) is 11.4. The van der Waals surface area contributed by atoms with Crippen molar-refractivity contribution in [1.82, 2.24) is 10.2 Å². The van der Waals surface area contributed by atoms with Gasteiger partial charge in [-0.1, -0.05) is 34.1 Å². The van der Waals surface area contributed by atoms with Gasteiger partial charge >= 0.3 is 0 Å². The summed E-state index contributed by atoms with van der Waals surface area (Å²) in [7, 11) is 0. The van der Waals surface area contributed by atoms with Crippen molar-refractivity contribution < 1.29 is 0 Å². The number of hydrogen-bond donors (Lipinski definition) is 1. The number of halogens is 3. The predicted molar refractivity (Wildman–Crippen MR) is 86.0 cm³/mol. The van der Waals surface area contributed by atoms with E-state index < -0.39 is 0 Å². The van der Waals surface area contributed by atoms with E-state index in [4.69, 9.17) is 0 Å². The van der Waals surface area contributed by atoms with Crippen LogP contribution in [0.4, 0.5) is 0 Å². The van der Waals surface area contributed by atoms with Crippen LogP contribution in [0.1, 0.15) is 11.6 Å². The van der Waals surface area contributed by atoms with Crippen molar-refractivity contribution in [3.63, 3.8) is 0 Å². The summed E-state index contributed by atoms with van der Waals surface area (Å²) in [6.45, 7) is 8.28. The maximum Gasteiger partial charge on any atom is 0.0529 e. The first kappa shape index (κ1) is 17.9. The van der Waals surface area contributed by atoms with Gasteiger partial charge in [0.2, 0.25) is 0 Å². The molecule has 2 nitrogen and oxygen atoms in total. The van der Waals surface area contributed by atoms with Crippen LogP contribution >= 0.6 is 40.7 Å². The van der Waals surface area contributed by atoms with Gasteiger partial charge in [0.25, 0.3) is 0 Å². The summed E-state index contributed by atoms with van der Waals surface area (Å²) in [5, 5.41) is 3.37. The highest BCUT2D eigenvalue weighted by molar-refractivity contribution is 9.10. The van der Waals surface area contributed by atoms with E-state index in [0.717, 1.165) is 30.7 Å². The Labute approximate surface area is 130 Å². The Morgan fingerprint density at radius 3 is 2.22 bits per heavy atom. The fraction of sp³-hybridized carbons (Fsp3) is 0.385. The van der Waals surface area contributed by atoms with Crippen molar-refractivity contribution in [3.8, 4) is 0 Å². The summed E-state index contributed by atoms with van der Waals surface area (Å²) >= 11 is 3.46. The summed E-state index contributed by atoms with van der Waals surface area (Å²) in [4.78, 5) is 2.47. The quantitative estimate of drug-likeness (QED) is 0.837. The molecule has 18 heavy (non-hydrogen) atoms. The first-order valence-electron chi connectivity index (χ1n) is 5.64. The second-order valence-electron chi connectivity index (χ2n) is 4.02. The first-order valence-corrected chi connectivity index (χ1v) is 6.43. The van der Waals surface area contributed by atoms with Crippen LogP contribution in [0, 0.1) is 0 Å². The van der Waals surface area contributed by atoms with Crippen LogP contribution in [-0.2, 0) is 0 Å². The Hall–Kier alpha value is -0.0600. The Morgan fingerprint density at radius 2 is 1.72 bits per heavy atom. The average Bonchev–Trinajstić information content (AvgIpc) is 2.34. The summed E-state index contributed by atoms with van der Waals surface area (Å²) in [5.41, 5.74) is 1.32. The highest BCUT2D eigenvalue weighted by Crippen LogP contribution is 2.23. The van der Waals surface area contributed by atoms with Crippen molar-refractivity contribution >= 4 is 40.7 Å². The third kappa shape index (κ3) is 4.56. The van der Waals surface area contributed by atoms with Crippen molar-refractivity contribution in [2.45, 2.75) is 6.04 Å². The normalized spacial score (nSPS) is 17.2. The van der Waals surface area contributed by atoms with E-state index in [1.807, 2.05) is 6.08 Å². The molecule has 0 aliphatic carbocycles. The van der Waals surface area contributed by atoms with E-state index >= 15 is 0 Å². The fourth-order valence-electron chi connectivity index (χ4n) is 2.12. The number of hydrogen-bond acceptors (Lipinski definition) is 2. The molecule has 1 aliphatic heterocycles. The van der Waals surface area contributed by atoms with Gasteiger partial charge in [0.1, 0.15) is 0 Å². The summed E-state index contributed by atoms with van der Waals surface area (Å²) in [5.74, 6) is 0. The molecular formula is C13H19BrCl2N2. The van der Waals surface area contributed by atoms with Crippen LogP contribution in [0.25, 0.3) is 0 Å². The molecule has 0 spiro atoms. The number of rotatable bonds is 3. The summed E-state index contributed by atoms with van der Waals surface area (Å²) in [6.07, 6.45) is 2.04. The molecule has 1 fully saturated rings. The molecule has 0 bridgehead atoms. The number of nitrogens with zero attached hydrogens (tertiary/aromatic N) is 1. The lowest BCUT2D eigenvalue weighted by Gasteiger charge is -2.33. The van der Waals surface area contributed by atoms with Crippen molar-refractivity contribution in [1.29, 1.82) is 0 Å². The van der Waals surface area contributed by atoms with Gasteiger partial charge in [-0.15, -0.1) is 31.4 Å². The van der Waals surface area contributed by atoms with Gasteiger partial charge < -0.3 is 5.32 Å². The zero-order valence-electron chi connectivity index (χ0n) is 10.1. The van der Waals surface area contributed by atoms with E-state index in [0.29, 0.717) is 6.04 Å². The second kappa shape index (κ2) is 8.94. The molecule has 0 unspecified atom stereocenters. The molecule has 1 saturated heterocycles. The highest BCUT2D eigenvalue weighted by atomic mass is 79.9. The van der Waals surface area contributed by atoms with Crippen molar-refractivity contribution in [2.75, 3.05) is 26.2 Å². The molecule has 1 aromatic carbocycles. The molecule has 0 amide bonds. The molecule has 1 heterocycles. The third-order valence-electron chi connectivity index (χ3n) is 2.98. The van der Waals surface area contributed by atoms with Crippen LogP contribution in [-0.4, -0.2) is 31.1 Å². The minimum atomic E-state index is 0. The Balaban J connectivity index is 0.00000144. The van der Waals surface area contributed by atoms with Gasteiger partial charge in [-0.2, -0.15) is 0 Å². The summed E-state index contributed by atoms with van der Waals surface area (Å²) in [6, 6.07) is 8.86. The predicted octanol–water partition coefficient (Wildman–Crippen LogP) is 3.43. The van der Waals surface area contributed by atoms with Crippen LogP contribution < -0.4 is 5.32 Å². The minimum Gasteiger partial charge on any atom is -0.314 e. The number of benzene rings is 1. The lowest BCUT2D eigenvalue weighted by molar-refractivity contribution is 0.203. The molecule has 1 atom stereocenters. The molecule has 0 aromatic heterocycles. The Kier molecular flexibility index (Phi) is 8.91. The van der Waals surface area contributed by atoms with E-state index in [9.17, 15) is 0 Å². The highest BCUT2D eigenvalue weighted by Gasteiger charge is 2.18. The van der Waals surface area contributed by atoms with Crippen LogP contribution in [0.3, 0.4) is 0 Å². The standard InChI is InChI=1S/C13H17BrN2.2ClH/c1-2-13(16-9-7-15-8-10-16)11-3-5-12(14)6-4-11;;/h2-6,13,15H,1,7-10H2;2*1H/t13-;;/m1../s1. The van der Waals surface area contributed by atoms with Gasteiger partial charge in [0, 0.05) is 30.7 Å². The smallest absolute Gasteiger partial charge is 0.0529 e. The van der Waals surface area contributed by atoms with Gasteiger partial charge in [0.05, 0.1) is 6.04 Å². The topological polar surface area (TPSA) is 15.3 Å². The largest absolute Gasteiger partial charge is 0.314 e. The van der Waals surface area contributed by atoms with Crippen molar-refractivity contribution in [3.05, 3.63) is 47.0 Å². The number of nitrogens with one attached hydrogen (secondary N) is 1. The Bertz CT molecular complexity index is 351. The van der Waals surface area contributed by atoms with E-state index in [-0.39, 0.29) is 24.8 Å². The molecule has 2 rings (SSSR count). The first-order chi connectivity index (χ1) is 7.81. The molecule has 0 saturated carbocycles. The van der Waals surface area contributed by atoms with Gasteiger partial charge in [-0.25, -0.2) is 0 Å². The zero-order valence-corrected chi connectivity index (χ0v) is 13.4. The fourth-order valence-corrected chi connectivity index (χ4v) is 2.38. The molecule has 1 aromatic rings. The van der Waals surface area contributed by atoms with E-state index in [2.05, 4.69) is 57.0 Å². The average molecular weight is 354 g/mol. The number of piperazine rings is 1. The second-order valence-corrected chi connectivity index (χ2v) is 4.93. The molecule has 1 N–H and O–H groups in total. The monoisotopic (exact) mass is 352 g/mol. The SMILES string of the molecule is C=C[C@H](c1ccc(Br)cc1)N1CCNCC1.Cl.Cl. The van der Waals surface area contributed by atoms with Crippen LogP contribution in [0.15, 0.2) is 41.4 Å². The minimum absolute atomic E-state index is 0. The third-order valence-corrected chi connectivity index (χ3v) is 3.51. The maximum absolute atomic E-state index is 3.96. The molecule has 0 radical (unpaired) electrons. The van der Waals surface area contributed by atoms with Gasteiger partial charge in [0.15, 0.2) is 0 Å². The molecule has 1 aliphatic rings. The maximum atomic E-state index is 3.96. The lowest BCUT2D eigenvalue weighted by atomic mass is 10.0. The van der Waals surface area contributed by atoms with Crippen LogP contribution in [0.5, 0.6) is 0 Å². The summed E-state index contributed by atoms with van der Waals surface area (Å²) < 4.78 is 1.12. The Morgan fingerprint density at radius 1 is 1.17 bits per heavy atom. The van der Waals surface area contributed by atoms with Gasteiger partial charge in [-0.3, -0.25) is 4.90 Å². The molecule has 5 heteroatoms.